The zero-order valence-electron chi connectivity index (χ0n) is 20.2. The predicted octanol–water partition coefficient (Wildman–Crippen LogP) is 3.45. The topological polar surface area (TPSA) is 82.2 Å². The summed E-state index contributed by atoms with van der Waals surface area (Å²) in [4.78, 5) is 43.8. The van der Waals surface area contributed by atoms with E-state index in [1.54, 1.807) is 55.3 Å². The molecular formula is C26H28ClFN4O4. The van der Waals surface area contributed by atoms with E-state index in [1.165, 1.54) is 17.0 Å². The monoisotopic (exact) mass is 514 g/mol. The number of nitrogens with one attached hydrogen (secondary N) is 1. The molecule has 10 heteroatoms. The van der Waals surface area contributed by atoms with Crippen molar-refractivity contribution in [2.24, 2.45) is 0 Å². The number of ether oxygens (including phenoxy) is 1. The van der Waals surface area contributed by atoms with Gasteiger partial charge in [0, 0.05) is 50.5 Å². The number of esters is 1. The van der Waals surface area contributed by atoms with Gasteiger partial charge in [0.1, 0.15) is 5.82 Å². The highest BCUT2D eigenvalue weighted by atomic mass is 35.5. The highest BCUT2D eigenvalue weighted by molar-refractivity contribution is 6.30. The smallest absolute Gasteiger partial charge is 0.338 e. The number of carbonyl (C=O) groups is 3. The minimum atomic E-state index is -0.691. The molecule has 1 atom stereocenters. The summed E-state index contributed by atoms with van der Waals surface area (Å²) in [6, 6.07) is 11.8. The van der Waals surface area contributed by atoms with Crippen molar-refractivity contribution in [3.05, 3.63) is 81.8 Å². The third-order valence-corrected chi connectivity index (χ3v) is 6.66. The fourth-order valence-corrected chi connectivity index (χ4v) is 4.56. The van der Waals surface area contributed by atoms with Crippen molar-refractivity contribution in [2.45, 2.75) is 13.0 Å². The van der Waals surface area contributed by atoms with Gasteiger partial charge in [-0.15, -0.1) is 0 Å². The number of nitrogens with zero attached hydrogens (tertiary/aromatic N) is 3. The minimum Gasteiger partial charge on any atom is -0.463 e. The first-order valence-electron chi connectivity index (χ1n) is 11.8. The van der Waals surface area contributed by atoms with Gasteiger partial charge in [0.2, 0.25) is 0 Å². The maximum atomic E-state index is 14.1. The Balaban J connectivity index is 1.57. The Morgan fingerprint density at radius 1 is 1.08 bits per heavy atom. The van der Waals surface area contributed by atoms with E-state index in [9.17, 15) is 18.8 Å². The van der Waals surface area contributed by atoms with Crippen LogP contribution in [0.15, 0.2) is 59.8 Å². The second-order valence-corrected chi connectivity index (χ2v) is 9.06. The minimum absolute atomic E-state index is 0.0488. The van der Waals surface area contributed by atoms with Gasteiger partial charge in [-0.05, 0) is 36.8 Å². The van der Waals surface area contributed by atoms with Gasteiger partial charge < -0.3 is 15.0 Å². The van der Waals surface area contributed by atoms with Crippen molar-refractivity contribution in [3.8, 4) is 0 Å². The highest BCUT2D eigenvalue weighted by Gasteiger charge is 2.37. The molecule has 0 bridgehead atoms. The van der Waals surface area contributed by atoms with Gasteiger partial charge in [-0.3, -0.25) is 14.6 Å². The predicted molar refractivity (Wildman–Crippen MR) is 133 cm³/mol. The Hall–Kier alpha value is -3.43. The van der Waals surface area contributed by atoms with E-state index in [0.29, 0.717) is 54.6 Å². The van der Waals surface area contributed by atoms with E-state index in [2.05, 4.69) is 10.2 Å². The average Bonchev–Trinajstić information content (AvgIpc) is 2.87. The van der Waals surface area contributed by atoms with Crippen molar-refractivity contribution in [3.63, 3.8) is 0 Å². The lowest BCUT2D eigenvalue weighted by molar-refractivity contribution is -0.139. The van der Waals surface area contributed by atoms with Crippen molar-refractivity contribution in [2.75, 3.05) is 46.4 Å². The van der Waals surface area contributed by atoms with Gasteiger partial charge in [0.25, 0.3) is 5.91 Å². The number of hydrogen-bond acceptors (Lipinski definition) is 5. The maximum Gasteiger partial charge on any atom is 0.338 e. The summed E-state index contributed by atoms with van der Waals surface area (Å²) in [6.45, 7) is 4.02. The average molecular weight is 515 g/mol. The van der Waals surface area contributed by atoms with Gasteiger partial charge in [-0.2, -0.15) is 0 Å². The molecule has 1 unspecified atom stereocenters. The van der Waals surface area contributed by atoms with Crippen LogP contribution in [0.25, 0.3) is 0 Å². The van der Waals surface area contributed by atoms with Crippen LogP contribution in [0.4, 0.5) is 9.18 Å². The number of benzene rings is 2. The fraction of sp³-hybridized carbons (Fsp3) is 0.346. The van der Waals surface area contributed by atoms with Crippen LogP contribution < -0.4 is 5.32 Å². The number of urea groups is 1. The van der Waals surface area contributed by atoms with Crippen LogP contribution in [0.2, 0.25) is 5.02 Å². The molecule has 0 saturated carbocycles. The maximum absolute atomic E-state index is 14.1. The zero-order chi connectivity index (χ0) is 25.8. The summed E-state index contributed by atoms with van der Waals surface area (Å²) in [5.41, 5.74) is 1.65. The molecule has 2 aromatic carbocycles. The third kappa shape index (κ3) is 5.37. The Labute approximate surface area is 214 Å². The number of hydrogen-bond donors (Lipinski definition) is 1. The summed E-state index contributed by atoms with van der Waals surface area (Å²) in [5.74, 6) is -1.40. The highest BCUT2D eigenvalue weighted by Crippen LogP contribution is 2.32. The molecule has 4 rings (SSSR count). The first-order valence-corrected chi connectivity index (χ1v) is 12.1. The second-order valence-electron chi connectivity index (χ2n) is 8.62. The summed E-state index contributed by atoms with van der Waals surface area (Å²) >= 11 is 6.04. The first-order chi connectivity index (χ1) is 17.3. The molecule has 2 heterocycles. The van der Waals surface area contributed by atoms with Gasteiger partial charge in [-0.25, -0.2) is 14.0 Å². The zero-order valence-corrected chi connectivity index (χ0v) is 20.9. The van der Waals surface area contributed by atoms with Crippen molar-refractivity contribution in [1.29, 1.82) is 0 Å². The molecule has 1 N–H and O–H groups in total. The van der Waals surface area contributed by atoms with Crippen molar-refractivity contribution >= 4 is 29.5 Å². The third-order valence-electron chi connectivity index (χ3n) is 6.41. The number of halogens is 2. The van der Waals surface area contributed by atoms with Crippen LogP contribution in [0.5, 0.6) is 0 Å². The van der Waals surface area contributed by atoms with Crippen molar-refractivity contribution in [1.82, 2.24) is 20.0 Å². The SMILES string of the molecule is CCOC(=O)C1=C(CN2CCN(C(=O)c3ccccc3F)CC2)N(C)C(=O)NC1c1ccc(Cl)cc1. The van der Waals surface area contributed by atoms with Crippen LogP contribution in [0.3, 0.4) is 0 Å². The fourth-order valence-electron chi connectivity index (χ4n) is 4.43. The van der Waals surface area contributed by atoms with Gasteiger partial charge in [0.15, 0.2) is 0 Å². The summed E-state index contributed by atoms with van der Waals surface area (Å²) < 4.78 is 19.4. The van der Waals surface area contributed by atoms with E-state index in [4.69, 9.17) is 16.3 Å². The molecule has 3 amide bonds. The molecule has 0 radical (unpaired) electrons. The van der Waals surface area contributed by atoms with E-state index in [1.807, 2.05) is 0 Å². The quantitative estimate of drug-likeness (QED) is 0.597. The van der Waals surface area contributed by atoms with E-state index >= 15 is 0 Å². The van der Waals surface area contributed by atoms with Gasteiger partial charge in [-0.1, -0.05) is 35.9 Å². The van der Waals surface area contributed by atoms with E-state index in [0.717, 1.165) is 0 Å². The normalized spacial score (nSPS) is 18.8. The number of rotatable bonds is 6. The number of likely N-dealkylation sites (N-methyl/N-ethyl adjacent to an activating group) is 1. The molecule has 8 nitrogen and oxygen atoms in total. The molecular weight excluding hydrogens is 487 g/mol. The number of carbonyl (C=O) groups excluding carboxylic acids is 3. The lowest BCUT2D eigenvalue weighted by atomic mass is 9.94. The van der Waals surface area contributed by atoms with Crippen LogP contribution in [-0.2, 0) is 9.53 Å². The van der Waals surface area contributed by atoms with Gasteiger partial charge in [0.05, 0.1) is 23.8 Å². The molecule has 190 valence electrons. The largest absolute Gasteiger partial charge is 0.463 e. The first kappa shape index (κ1) is 25.7. The molecule has 0 spiro atoms. The molecule has 0 aliphatic carbocycles. The number of amides is 3. The lowest BCUT2D eigenvalue weighted by Gasteiger charge is -2.39. The summed E-state index contributed by atoms with van der Waals surface area (Å²) in [6.07, 6.45) is 0. The van der Waals surface area contributed by atoms with Crippen LogP contribution in [0.1, 0.15) is 28.9 Å². The molecule has 36 heavy (non-hydrogen) atoms. The van der Waals surface area contributed by atoms with Gasteiger partial charge >= 0.3 is 12.0 Å². The molecule has 2 aliphatic rings. The standard InChI is InChI=1S/C26H28ClFN4O4/c1-3-36-25(34)22-21(30(2)26(35)29-23(22)17-8-10-18(27)11-9-17)16-31-12-14-32(15-13-31)24(33)19-6-4-5-7-20(19)28/h4-11,23H,3,12-16H2,1-2H3,(H,29,35). The molecule has 2 aliphatic heterocycles. The van der Waals surface area contributed by atoms with Crippen LogP contribution in [-0.4, -0.2) is 79.0 Å². The Bertz CT molecular complexity index is 1180. The van der Waals surface area contributed by atoms with E-state index < -0.39 is 17.8 Å². The molecule has 1 saturated heterocycles. The lowest BCUT2D eigenvalue weighted by Crippen LogP contribution is -2.53. The molecule has 2 aromatic rings. The Morgan fingerprint density at radius 3 is 2.39 bits per heavy atom. The molecule has 1 fully saturated rings. The second kappa shape index (κ2) is 11.1. The Morgan fingerprint density at radius 2 is 1.75 bits per heavy atom. The van der Waals surface area contributed by atoms with Crippen molar-refractivity contribution < 1.29 is 23.5 Å². The van der Waals surface area contributed by atoms with Crippen LogP contribution >= 0.6 is 11.6 Å². The van der Waals surface area contributed by atoms with E-state index in [-0.39, 0.29) is 24.1 Å². The van der Waals surface area contributed by atoms with Crippen LogP contribution in [0, 0.1) is 5.82 Å². The summed E-state index contributed by atoms with van der Waals surface area (Å²) in [7, 11) is 1.61. The molecule has 0 aromatic heterocycles. The Kier molecular flexibility index (Phi) is 7.91. The summed E-state index contributed by atoms with van der Waals surface area (Å²) in [5, 5.41) is 3.43. The number of piperazine rings is 1.